The van der Waals surface area contributed by atoms with E-state index in [0.717, 1.165) is 11.3 Å². The molecule has 0 radical (unpaired) electrons. The molecular weight excluding hydrogens is 357 g/mol. The van der Waals surface area contributed by atoms with E-state index in [1.165, 1.54) is 6.20 Å². The zero-order valence-corrected chi connectivity index (χ0v) is 15.7. The summed E-state index contributed by atoms with van der Waals surface area (Å²) < 4.78 is 37.1. The summed E-state index contributed by atoms with van der Waals surface area (Å²) >= 11 is 0. The molecule has 0 fully saturated rings. The topological polar surface area (TPSA) is 66.9 Å². The van der Waals surface area contributed by atoms with Gasteiger partial charge in [-0.05, 0) is 56.5 Å². The quantitative estimate of drug-likeness (QED) is 0.791. The third-order valence-corrected chi connectivity index (χ3v) is 4.17. The number of amides is 1. The Morgan fingerprint density at radius 3 is 2.52 bits per heavy atom. The first-order chi connectivity index (χ1) is 12.6. The predicted octanol–water partition coefficient (Wildman–Crippen LogP) is 4.12. The average molecular weight is 380 g/mol. The van der Waals surface area contributed by atoms with E-state index in [2.05, 4.69) is 20.6 Å². The van der Waals surface area contributed by atoms with Crippen LogP contribution in [0, 0.1) is 13.8 Å². The van der Waals surface area contributed by atoms with Crippen LogP contribution >= 0.6 is 0 Å². The second-order valence-corrected chi connectivity index (χ2v) is 6.48. The number of pyridine rings is 2. The van der Waals surface area contributed by atoms with Gasteiger partial charge in [0.15, 0.2) is 0 Å². The van der Waals surface area contributed by atoms with E-state index in [9.17, 15) is 18.0 Å². The minimum Gasteiger partial charge on any atom is -0.373 e. The van der Waals surface area contributed by atoms with Crippen LogP contribution in [0.2, 0.25) is 0 Å². The number of hydrogen-bond acceptors (Lipinski definition) is 4. The van der Waals surface area contributed by atoms with Crippen LogP contribution in [0.1, 0.15) is 52.3 Å². The number of aryl methyl sites for hydroxylation is 3. The molecular formula is C19H23F3N4O. The molecule has 2 rings (SSSR count). The van der Waals surface area contributed by atoms with Crippen molar-refractivity contribution in [2.75, 3.05) is 12.4 Å². The SMILES string of the molecule is CNc1cc(C(C)NC(=O)c2cnc(CCC(F)(F)F)c(C)c2)cc(C)n1. The summed E-state index contributed by atoms with van der Waals surface area (Å²) in [5, 5.41) is 5.85. The number of halogens is 3. The lowest BCUT2D eigenvalue weighted by atomic mass is 10.1. The summed E-state index contributed by atoms with van der Waals surface area (Å²) in [6.07, 6.45) is -4.04. The monoisotopic (exact) mass is 380 g/mol. The van der Waals surface area contributed by atoms with Gasteiger partial charge in [-0.15, -0.1) is 0 Å². The number of hydrogen-bond donors (Lipinski definition) is 2. The molecule has 1 atom stereocenters. The molecule has 2 aromatic heterocycles. The third kappa shape index (κ3) is 5.94. The molecule has 146 valence electrons. The molecule has 0 aromatic carbocycles. The van der Waals surface area contributed by atoms with Gasteiger partial charge in [-0.2, -0.15) is 13.2 Å². The molecule has 0 saturated heterocycles. The van der Waals surface area contributed by atoms with Gasteiger partial charge in [0.25, 0.3) is 5.91 Å². The van der Waals surface area contributed by atoms with Crippen LogP contribution in [-0.4, -0.2) is 29.1 Å². The van der Waals surface area contributed by atoms with Crippen molar-refractivity contribution < 1.29 is 18.0 Å². The zero-order valence-electron chi connectivity index (χ0n) is 15.7. The van der Waals surface area contributed by atoms with E-state index >= 15 is 0 Å². The van der Waals surface area contributed by atoms with Gasteiger partial charge in [0.2, 0.25) is 0 Å². The number of carbonyl (C=O) groups is 1. The highest BCUT2D eigenvalue weighted by Gasteiger charge is 2.27. The number of carbonyl (C=O) groups excluding carboxylic acids is 1. The van der Waals surface area contributed by atoms with Crippen LogP contribution in [-0.2, 0) is 6.42 Å². The van der Waals surface area contributed by atoms with Crippen LogP contribution in [0.3, 0.4) is 0 Å². The minimum atomic E-state index is -4.23. The average Bonchev–Trinajstić information content (AvgIpc) is 2.59. The molecule has 1 unspecified atom stereocenters. The largest absolute Gasteiger partial charge is 0.389 e. The van der Waals surface area contributed by atoms with Crippen LogP contribution in [0.25, 0.3) is 0 Å². The fraction of sp³-hybridized carbons (Fsp3) is 0.421. The summed E-state index contributed by atoms with van der Waals surface area (Å²) in [5.74, 6) is 0.374. The van der Waals surface area contributed by atoms with Gasteiger partial charge in [-0.1, -0.05) is 0 Å². The maximum atomic E-state index is 12.5. The number of anilines is 1. The van der Waals surface area contributed by atoms with Gasteiger partial charge in [-0.3, -0.25) is 9.78 Å². The Hall–Kier alpha value is -2.64. The summed E-state index contributed by atoms with van der Waals surface area (Å²) in [7, 11) is 1.77. The van der Waals surface area contributed by atoms with Crippen molar-refractivity contribution in [3.05, 3.63) is 52.5 Å². The Labute approximate surface area is 156 Å². The molecule has 1 amide bonds. The second kappa shape index (κ2) is 8.37. The molecule has 0 aliphatic rings. The molecule has 5 nitrogen and oxygen atoms in total. The normalized spacial score (nSPS) is 12.6. The molecule has 0 spiro atoms. The first-order valence-electron chi connectivity index (χ1n) is 8.58. The lowest BCUT2D eigenvalue weighted by Crippen LogP contribution is -2.27. The minimum absolute atomic E-state index is 0.198. The number of alkyl halides is 3. The van der Waals surface area contributed by atoms with Crippen molar-refractivity contribution in [1.82, 2.24) is 15.3 Å². The zero-order chi connectivity index (χ0) is 20.2. The van der Waals surface area contributed by atoms with E-state index in [1.807, 2.05) is 26.0 Å². The van der Waals surface area contributed by atoms with E-state index in [-0.39, 0.29) is 18.4 Å². The van der Waals surface area contributed by atoms with Crippen molar-refractivity contribution in [2.45, 2.75) is 45.8 Å². The van der Waals surface area contributed by atoms with E-state index in [1.54, 1.807) is 20.0 Å². The van der Waals surface area contributed by atoms with Crippen molar-refractivity contribution in [1.29, 1.82) is 0 Å². The lowest BCUT2D eigenvalue weighted by Gasteiger charge is -2.16. The van der Waals surface area contributed by atoms with Crippen LogP contribution in [0.5, 0.6) is 0 Å². The molecule has 8 heteroatoms. The van der Waals surface area contributed by atoms with Crippen LogP contribution < -0.4 is 10.6 Å². The van der Waals surface area contributed by atoms with E-state index in [4.69, 9.17) is 0 Å². The molecule has 2 heterocycles. The Balaban J connectivity index is 2.09. The highest BCUT2D eigenvalue weighted by atomic mass is 19.4. The van der Waals surface area contributed by atoms with Crippen molar-refractivity contribution in [2.24, 2.45) is 0 Å². The molecule has 2 N–H and O–H groups in total. The van der Waals surface area contributed by atoms with Crippen molar-refractivity contribution in [3.8, 4) is 0 Å². The molecule has 0 aliphatic heterocycles. The van der Waals surface area contributed by atoms with E-state index in [0.29, 0.717) is 22.6 Å². The maximum Gasteiger partial charge on any atom is 0.389 e. The molecule has 0 bridgehead atoms. The predicted molar refractivity (Wildman–Crippen MR) is 97.8 cm³/mol. The molecule has 27 heavy (non-hydrogen) atoms. The highest BCUT2D eigenvalue weighted by molar-refractivity contribution is 5.94. The standard InChI is InChI=1S/C19H23F3N4O/c1-11-7-15(10-24-16(11)5-6-19(20,21)22)18(27)26-13(3)14-8-12(2)25-17(9-14)23-4/h7-10,13H,5-6H2,1-4H3,(H,23,25)(H,26,27). The lowest BCUT2D eigenvalue weighted by molar-refractivity contribution is -0.134. The van der Waals surface area contributed by atoms with Crippen molar-refractivity contribution >= 4 is 11.7 Å². The Morgan fingerprint density at radius 2 is 1.93 bits per heavy atom. The number of rotatable bonds is 6. The van der Waals surface area contributed by atoms with Crippen molar-refractivity contribution in [3.63, 3.8) is 0 Å². The van der Waals surface area contributed by atoms with E-state index < -0.39 is 12.6 Å². The van der Waals surface area contributed by atoms with Gasteiger partial charge < -0.3 is 10.6 Å². The van der Waals surface area contributed by atoms with Gasteiger partial charge in [0.05, 0.1) is 11.6 Å². The summed E-state index contributed by atoms with van der Waals surface area (Å²) in [5.41, 5.74) is 2.95. The summed E-state index contributed by atoms with van der Waals surface area (Å²) in [4.78, 5) is 20.8. The fourth-order valence-electron chi connectivity index (χ4n) is 2.69. The third-order valence-electron chi connectivity index (χ3n) is 4.17. The number of nitrogens with zero attached hydrogens (tertiary/aromatic N) is 2. The van der Waals surface area contributed by atoms with Gasteiger partial charge >= 0.3 is 6.18 Å². The Kier molecular flexibility index (Phi) is 6.41. The molecule has 0 saturated carbocycles. The van der Waals surface area contributed by atoms with Gasteiger partial charge in [0, 0.05) is 31.1 Å². The fourth-order valence-corrected chi connectivity index (χ4v) is 2.69. The second-order valence-electron chi connectivity index (χ2n) is 6.48. The Morgan fingerprint density at radius 1 is 1.22 bits per heavy atom. The van der Waals surface area contributed by atoms with Gasteiger partial charge in [-0.25, -0.2) is 4.98 Å². The maximum absolute atomic E-state index is 12.5. The summed E-state index contributed by atoms with van der Waals surface area (Å²) in [6, 6.07) is 5.03. The smallest absolute Gasteiger partial charge is 0.373 e. The van der Waals surface area contributed by atoms with Crippen LogP contribution in [0.15, 0.2) is 24.4 Å². The highest BCUT2D eigenvalue weighted by Crippen LogP contribution is 2.23. The van der Waals surface area contributed by atoms with Crippen LogP contribution in [0.4, 0.5) is 19.0 Å². The molecule has 2 aromatic rings. The number of aromatic nitrogens is 2. The molecule has 0 aliphatic carbocycles. The summed E-state index contributed by atoms with van der Waals surface area (Å²) in [6.45, 7) is 5.38. The first kappa shape index (κ1) is 20.7. The van der Waals surface area contributed by atoms with Gasteiger partial charge in [0.1, 0.15) is 5.82 Å². The first-order valence-corrected chi connectivity index (χ1v) is 8.58. The Bertz CT molecular complexity index is 821. The number of nitrogens with one attached hydrogen (secondary N) is 2.